The predicted octanol–water partition coefficient (Wildman–Crippen LogP) is 3.13. The average Bonchev–Trinajstić information content (AvgIpc) is 2.75. The van der Waals surface area contributed by atoms with Crippen LogP contribution in [0.1, 0.15) is 20.3 Å². The van der Waals surface area contributed by atoms with Gasteiger partial charge in [0.1, 0.15) is 5.75 Å². The molecule has 3 atom stereocenters. The van der Waals surface area contributed by atoms with Gasteiger partial charge in [0.2, 0.25) is 0 Å². The summed E-state index contributed by atoms with van der Waals surface area (Å²) in [5.74, 6) is 0.235. The first kappa shape index (κ1) is 17.4. The molecule has 5 nitrogen and oxygen atoms in total. The van der Waals surface area contributed by atoms with Crippen LogP contribution in [-0.4, -0.2) is 31.1 Å². The third-order valence-corrected chi connectivity index (χ3v) is 3.60. The van der Waals surface area contributed by atoms with Crippen molar-refractivity contribution in [3.63, 3.8) is 0 Å². The summed E-state index contributed by atoms with van der Waals surface area (Å²) in [4.78, 5) is 4.26. The van der Waals surface area contributed by atoms with E-state index in [4.69, 9.17) is 10.5 Å². The number of hydrogen-bond donors (Lipinski definition) is 2. The van der Waals surface area contributed by atoms with Crippen molar-refractivity contribution in [2.75, 3.05) is 11.9 Å². The van der Waals surface area contributed by atoms with Crippen molar-refractivity contribution < 1.29 is 22.6 Å². The highest BCUT2D eigenvalue weighted by Crippen LogP contribution is 2.26. The summed E-state index contributed by atoms with van der Waals surface area (Å²) >= 11 is 0. The lowest BCUT2D eigenvalue weighted by atomic mass is 10.0. The quantitative estimate of drug-likeness (QED) is 0.657. The van der Waals surface area contributed by atoms with Crippen molar-refractivity contribution in [2.45, 2.75) is 38.8 Å². The SMILES string of the molecule is CC1CC(CN=C(N)Nc2ccc(OC(F)(F)F)cc2)C(C)O1. The molecule has 8 heteroatoms. The topological polar surface area (TPSA) is 68.9 Å². The van der Waals surface area contributed by atoms with Crippen LogP contribution in [0.25, 0.3) is 0 Å². The summed E-state index contributed by atoms with van der Waals surface area (Å²) in [6, 6.07) is 5.29. The number of hydrogen-bond acceptors (Lipinski definition) is 3. The van der Waals surface area contributed by atoms with Gasteiger partial charge in [0.05, 0.1) is 12.2 Å². The fraction of sp³-hybridized carbons (Fsp3) is 0.533. The van der Waals surface area contributed by atoms with Gasteiger partial charge in [-0.2, -0.15) is 0 Å². The molecular weight excluding hydrogens is 311 g/mol. The van der Waals surface area contributed by atoms with E-state index in [0.29, 0.717) is 18.2 Å². The first-order valence-corrected chi connectivity index (χ1v) is 7.31. The van der Waals surface area contributed by atoms with E-state index in [1.165, 1.54) is 24.3 Å². The molecule has 0 saturated carbocycles. The van der Waals surface area contributed by atoms with Crippen molar-refractivity contribution in [3.8, 4) is 5.75 Å². The highest BCUT2D eigenvalue weighted by Gasteiger charge is 2.31. The molecule has 1 aromatic rings. The highest BCUT2D eigenvalue weighted by atomic mass is 19.4. The van der Waals surface area contributed by atoms with Crippen LogP contribution < -0.4 is 15.8 Å². The number of guanidine groups is 1. The second-order valence-electron chi connectivity index (χ2n) is 5.57. The standard InChI is InChI=1S/C15H20F3N3O2/c1-9-7-11(10(2)22-9)8-20-14(19)21-12-3-5-13(6-4-12)23-15(16,17)18/h3-6,9-11H,7-8H2,1-2H3,(H3,19,20,21). The molecule has 0 bridgehead atoms. The molecule has 1 saturated heterocycles. The molecule has 0 aromatic heterocycles. The second kappa shape index (κ2) is 7.08. The molecule has 0 radical (unpaired) electrons. The van der Waals surface area contributed by atoms with Gasteiger partial charge in [-0.25, -0.2) is 0 Å². The minimum Gasteiger partial charge on any atom is -0.406 e. The van der Waals surface area contributed by atoms with Crippen LogP contribution in [0.2, 0.25) is 0 Å². The lowest BCUT2D eigenvalue weighted by molar-refractivity contribution is -0.274. The number of nitrogens with two attached hydrogens (primary N) is 1. The van der Waals surface area contributed by atoms with Gasteiger partial charge in [0.25, 0.3) is 0 Å². The summed E-state index contributed by atoms with van der Waals surface area (Å²) in [6.45, 7) is 4.57. The van der Waals surface area contributed by atoms with Gasteiger partial charge in [0, 0.05) is 18.2 Å². The molecule has 1 aromatic carbocycles. The number of anilines is 1. The molecule has 1 aliphatic heterocycles. The van der Waals surface area contributed by atoms with E-state index in [9.17, 15) is 13.2 Å². The number of rotatable bonds is 4. The Labute approximate surface area is 132 Å². The molecule has 0 spiro atoms. The van der Waals surface area contributed by atoms with Crippen molar-refractivity contribution in [1.29, 1.82) is 0 Å². The Morgan fingerprint density at radius 2 is 2.00 bits per heavy atom. The van der Waals surface area contributed by atoms with Gasteiger partial charge in [0.15, 0.2) is 5.96 Å². The third-order valence-electron chi connectivity index (χ3n) is 3.60. The summed E-state index contributed by atoms with van der Waals surface area (Å²) in [7, 11) is 0. The molecule has 1 fully saturated rings. The van der Waals surface area contributed by atoms with Gasteiger partial charge in [-0.1, -0.05) is 0 Å². The lowest BCUT2D eigenvalue weighted by Crippen LogP contribution is -2.25. The van der Waals surface area contributed by atoms with Crippen LogP contribution in [0.15, 0.2) is 29.3 Å². The molecule has 0 amide bonds. The van der Waals surface area contributed by atoms with Crippen molar-refractivity contribution in [3.05, 3.63) is 24.3 Å². The van der Waals surface area contributed by atoms with Crippen LogP contribution in [0.3, 0.4) is 0 Å². The molecule has 128 valence electrons. The van der Waals surface area contributed by atoms with E-state index in [1.807, 2.05) is 13.8 Å². The Balaban J connectivity index is 1.87. The Hall–Kier alpha value is -1.96. The van der Waals surface area contributed by atoms with E-state index in [0.717, 1.165) is 6.42 Å². The van der Waals surface area contributed by atoms with Gasteiger partial charge in [-0.3, -0.25) is 4.99 Å². The Bertz CT molecular complexity index is 546. The molecular formula is C15H20F3N3O2. The second-order valence-corrected chi connectivity index (χ2v) is 5.57. The molecule has 1 aliphatic rings. The summed E-state index contributed by atoms with van der Waals surface area (Å²) in [6.07, 6.45) is -3.41. The number of ether oxygens (including phenoxy) is 2. The van der Waals surface area contributed by atoms with E-state index in [-0.39, 0.29) is 23.9 Å². The van der Waals surface area contributed by atoms with Crippen molar-refractivity contribution in [1.82, 2.24) is 0 Å². The Morgan fingerprint density at radius 1 is 1.35 bits per heavy atom. The van der Waals surface area contributed by atoms with Crippen LogP contribution >= 0.6 is 0 Å². The fourth-order valence-corrected chi connectivity index (χ4v) is 2.52. The largest absolute Gasteiger partial charge is 0.573 e. The van der Waals surface area contributed by atoms with Crippen molar-refractivity contribution in [2.24, 2.45) is 16.6 Å². The average molecular weight is 331 g/mol. The minimum absolute atomic E-state index is 0.139. The molecule has 2 rings (SSSR count). The normalized spacial score (nSPS) is 25.4. The van der Waals surface area contributed by atoms with Gasteiger partial charge in [-0.15, -0.1) is 13.2 Å². The summed E-state index contributed by atoms with van der Waals surface area (Å²) in [5, 5.41) is 2.83. The molecule has 0 aliphatic carbocycles. The zero-order valence-electron chi connectivity index (χ0n) is 12.9. The van der Waals surface area contributed by atoms with Crippen LogP contribution in [0.4, 0.5) is 18.9 Å². The fourth-order valence-electron chi connectivity index (χ4n) is 2.52. The van der Waals surface area contributed by atoms with E-state index in [1.54, 1.807) is 0 Å². The van der Waals surface area contributed by atoms with Crippen LogP contribution in [0.5, 0.6) is 5.75 Å². The summed E-state index contributed by atoms with van der Waals surface area (Å²) in [5.41, 5.74) is 6.32. The zero-order valence-corrected chi connectivity index (χ0v) is 12.9. The monoisotopic (exact) mass is 331 g/mol. The zero-order chi connectivity index (χ0) is 17.0. The maximum Gasteiger partial charge on any atom is 0.573 e. The lowest BCUT2D eigenvalue weighted by Gasteiger charge is -2.12. The van der Waals surface area contributed by atoms with Crippen molar-refractivity contribution >= 4 is 11.6 Å². The number of halogens is 3. The number of nitrogens with zero attached hydrogens (tertiary/aromatic N) is 1. The maximum atomic E-state index is 12.1. The highest BCUT2D eigenvalue weighted by molar-refractivity contribution is 5.92. The minimum atomic E-state index is -4.70. The molecule has 3 unspecified atom stereocenters. The van der Waals surface area contributed by atoms with Crippen LogP contribution in [0, 0.1) is 5.92 Å². The Morgan fingerprint density at radius 3 is 2.52 bits per heavy atom. The Kier molecular flexibility index (Phi) is 5.35. The number of benzene rings is 1. The number of aliphatic imine (C=N–C) groups is 1. The molecule has 23 heavy (non-hydrogen) atoms. The van der Waals surface area contributed by atoms with Crippen LogP contribution in [-0.2, 0) is 4.74 Å². The number of alkyl halides is 3. The van der Waals surface area contributed by atoms with Gasteiger partial charge < -0.3 is 20.5 Å². The van der Waals surface area contributed by atoms with E-state index >= 15 is 0 Å². The first-order valence-electron chi connectivity index (χ1n) is 7.31. The smallest absolute Gasteiger partial charge is 0.406 e. The third kappa shape index (κ3) is 5.63. The first-order chi connectivity index (χ1) is 10.7. The summed E-state index contributed by atoms with van der Waals surface area (Å²) < 4.78 is 45.7. The molecule has 3 N–H and O–H groups in total. The van der Waals surface area contributed by atoms with E-state index < -0.39 is 6.36 Å². The van der Waals surface area contributed by atoms with Gasteiger partial charge >= 0.3 is 6.36 Å². The molecule has 1 heterocycles. The predicted molar refractivity (Wildman–Crippen MR) is 81.4 cm³/mol. The van der Waals surface area contributed by atoms with E-state index in [2.05, 4.69) is 15.0 Å². The maximum absolute atomic E-state index is 12.1. The van der Waals surface area contributed by atoms with Gasteiger partial charge in [-0.05, 0) is 44.5 Å². The number of nitrogens with one attached hydrogen (secondary N) is 1.